The van der Waals surface area contributed by atoms with Gasteiger partial charge in [0.2, 0.25) is 5.91 Å². The molecule has 0 saturated heterocycles. The summed E-state index contributed by atoms with van der Waals surface area (Å²) in [4.78, 5) is 10.7. The van der Waals surface area contributed by atoms with Crippen molar-refractivity contribution in [3.8, 4) is 0 Å². The number of benzene rings is 1. The van der Waals surface area contributed by atoms with Crippen molar-refractivity contribution in [2.24, 2.45) is 0 Å². The molecule has 0 aliphatic rings. The number of carbonyl (C=O) groups is 1. The molecule has 0 radical (unpaired) electrons. The lowest BCUT2D eigenvalue weighted by Gasteiger charge is -2.03. The molecule has 1 amide bonds. The fourth-order valence-electron chi connectivity index (χ4n) is 1.05. The maximum atomic E-state index is 10.7. The van der Waals surface area contributed by atoms with Crippen molar-refractivity contribution in [3.63, 3.8) is 0 Å². The zero-order chi connectivity index (χ0) is 9.68. The van der Waals surface area contributed by atoms with Crippen LogP contribution in [0.15, 0.2) is 24.3 Å². The third-order valence-corrected chi connectivity index (χ3v) is 1.59. The van der Waals surface area contributed by atoms with Gasteiger partial charge in [-0.1, -0.05) is 12.1 Å². The zero-order valence-corrected chi connectivity index (χ0v) is 7.83. The summed E-state index contributed by atoms with van der Waals surface area (Å²) in [6.45, 7) is 2.09. The van der Waals surface area contributed by atoms with Crippen LogP contribution in [0.4, 0.5) is 5.69 Å². The van der Waals surface area contributed by atoms with E-state index in [1.54, 1.807) is 7.11 Å². The van der Waals surface area contributed by atoms with Gasteiger partial charge in [-0.15, -0.1) is 0 Å². The highest BCUT2D eigenvalue weighted by Gasteiger charge is 1.95. The minimum absolute atomic E-state index is 0.0560. The molecule has 0 aliphatic carbocycles. The summed E-state index contributed by atoms with van der Waals surface area (Å²) < 4.78 is 4.96. The molecule has 3 nitrogen and oxygen atoms in total. The number of carbonyl (C=O) groups excluding carboxylic acids is 1. The highest BCUT2D eigenvalue weighted by molar-refractivity contribution is 5.88. The molecular formula is C10H13NO2. The van der Waals surface area contributed by atoms with Gasteiger partial charge < -0.3 is 10.1 Å². The molecule has 0 heterocycles. The molecule has 0 unspecified atom stereocenters. The predicted octanol–water partition coefficient (Wildman–Crippen LogP) is 1.79. The third kappa shape index (κ3) is 3.25. The molecule has 0 spiro atoms. The number of amides is 1. The summed E-state index contributed by atoms with van der Waals surface area (Å²) in [6, 6.07) is 7.56. The van der Waals surface area contributed by atoms with Crippen molar-refractivity contribution in [2.75, 3.05) is 12.4 Å². The van der Waals surface area contributed by atoms with Gasteiger partial charge in [0.1, 0.15) is 0 Å². The van der Waals surface area contributed by atoms with Crippen LogP contribution >= 0.6 is 0 Å². The quantitative estimate of drug-likeness (QED) is 0.768. The van der Waals surface area contributed by atoms with Crippen LogP contribution in [0.3, 0.4) is 0 Å². The van der Waals surface area contributed by atoms with E-state index in [9.17, 15) is 4.79 Å². The van der Waals surface area contributed by atoms with Crippen LogP contribution in [-0.2, 0) is 16.1 Å². The van der Waals surface area contributed by atoms with Crippen molar-refractivity contribution in [1.29, 1.82) is 0 Å². The van der Waals surface area contributed by atoms with Crippen molar-refractivity contribution < 1.29 is 9.53 Å². The number of hydrogen-bond donors (Lipinski definition) is 1. The van der Waals surface area contributed by atoms with Crippen molar-refractivity contribution in [2.45, 2.75) is 13.5 Å². The first kappa shape index (κ1) is 9.74. The number of hydrogen-bond acceptors (Lipinski definition) is 2. The van der Waals surface area contributed by atoms with E-state index < -0.39 is 0 Å². The van der Waals surface area contributed by atoms with Gasteiger partial charge in [-0.05, 0) is 17.7 Å². The molecular weight excluding hydrogens is 166 g/mol. The first-order valence-electron chi connectivity index (χ1n) is 4.08. The van der Waals surface area contributed by atoms with Gasteiger partial charge >= 0.3 is 0 Å². The monoisotopic (exact) mass is 179 g/mol. The van der Waals surface area contributed by atoms with E-state index in [4.69, 9.17) is 4.74 Å². The van der Waals surface area contributed by atoms with Crippen LogP contribution in [0.2, 0.25) is 0 Å². The number of methoxy groups -OCH3 is 1. The zero-order valence-electron chi connectivity index (χ0n) is 7.83. The second-order valence-electron chi connectivity index (χ2n) is 2.81. The molecule has 1 N–H and O–H groups in total. The van der Waals surface area contributed by atoms with Gasteiger partial charge in [-0.2, -0.15) is 0 Å². The summed E-state index contributed by atoms with van der Waals surface area (Å²) >= 11 is 0. The van der Waals surface area contributed by atoms with Crippen LogP contribution in [0, 0.1) is 0 Å². The molecule has 0 atom stereocenters. The molecule has 0 saturated carbocycles. The third-order valence-electron chi connectivity index (χ3n) is 1.59. The Bertz CT molecular complexity index is 279. The minimum Gasteiger partial charge on any atom is -0.380 e. The van der Waals surface area contributed by atoms with Crippen molar-refractivity contribution >= 4 is 11.6 Å². The second kappa shape index (κ2) is 4.62. The van der Waals surface area contributed by atoms with Gasteiger partial charge in [-0.25, -0.2) is 0 Å². The fraction of sp³-hybridized carbons (Fsp3) is 0.300. The molecule has 0 bridgehead atoms. The van der Waals surface area contributed by atoms with Crippen LogP contribution in [0.25, 0.3) is 0 Å². The Labute approximate surface area is 77.7 Å². The van der Waals surface area contributed by atoms with E-state index in [0.29, 0.717) is 6.61 Å². The van der Waals surface area contributed by atoms with E-state index in [2.05, 4.69) is 5.32 Å². The molecule has 70 valence electrons. The SMILES string of the molecule is COCc1ccc(NC(C)=O)cc1. The Hall–Kier alpha value is -1.35. The number of rotatable bonds is 3. The summed E-state index contributed by atoms with van der Waals surface area (Å²) in [5, 5.41) is 2.69. The first-order chi connectivity index (χ1) is 6.22. The maximum absolute atomic E-state index is 10.7. The molecule has 1 aromatic rings. The first-order valence-corrected chi connectivity index (χ1v) is 4.08. The Morgan fingerprint density at radius 1 is 1.38 bits per heavy atom. The van der Waals surface area contributed by atoms with Gasteiger partial charge in [0, 0.05) is 19.7 Å². The second-order valence-corrected chi connectivity index (χ2v) is 2.81. The lowest BCUT2D eigenvalue weighted by Crippen LogP contribution is -2.05. The summed E-state index contributed by atoms with van der Waals surface area (Å²) in [7, 11) is 1.65. The molecule has 0 fully saturated rings. The highest BCUT2D eigenvalue weighted by Crippen LogP contribution is 2.09. The number of ether oxygens (including phenoxy) is 1. The molecule has 1 rings (SSSR count). The fourth-order valence-corrected chi connectivity index (χ4v) is 1.05. The lowest BCUT2D eigenvalue weighted by atomic mass is 10.2. The summed E-state index contributed by atoms with van der Waals surface area (Å²) in [5.74, 6) is -0.0560. The van der Waals surface area contributed by atoms with Gasteiger partial charge in [0.05, 0.1) is 6.61 Å². The van der Waals surface area contributed by atoms with Crippen LogP contribution in [-0.4, -0.2) is 13.0 Å². The van der Waals surface area contributed by atoms with Gasteiger partial charge in [-0.3, -0.25) is 4.79 Å². The number of anilines is 1. The van der Waals surface area contributed by atoms with Crippen LogP contribution in [0.5, 0.6) is 0 Å². The smallest absolute Gasteiger partial charge is 0.221 e. The van der Waals surface area contributed by atoms with E-state index >= 15 is 0 Å². The average molecular weight is 179 g/mol. The standard InChI is InChI=1S/C10H13NO2/c1-8(12)11-10-5-3-9(4-6-10)7-13-2/h3-6H,7H2,1-2H3,(H,11,12). The lowest BCUT2D eigenvalue weighted by molar-refractivity contribution is -0.114. The van der Waals surface area contributed by atoms with E-state index in [1.165, 1.54) is 6.92 Å². The topological polar surface area (TPSA) is 38.3 Å². The van der Waals surface area contributed by atoms with E-state index in [0.717, 1.165) is 11.3 Å². The normalized spacial score (nSPS) is 9.69. The average Bonchev–Trinajstić information content (AvgIpc) is 2.08. The molecule has 13 heavy (non-hydrogen) atoms. The Balaban J connectivity index is 2.64. The maximum Gasteiger partial charge on any atom is 0.221 e. The molecule has 3 heteroatoms. The minimum atomic E-state index is -0.0560. The van der Waals surface area contributed by atoms with Crippen molar-refractivity contribution in [3.05, 3.63) is 29.8 Å². The van der Waals surface area contributed by atoms with Gasteiger partial charge in [0.25, 0.3) is 0 Å². The molecule has 0 aromatic heterocycles. The number of nitrogens with one attached hydrogen (secondary N) is 1. The van der Waals surface area contributed by atoms with Gasteiger partial charge in [0.15, 0.2) is 0 Å². The highest BCUT2D eigenvalue weighted by atomic mass is 16.5. The molecule has 0 aliphatic heterocycles. The molecule has 1 aromatic carbocycles. The summed E-state index contributed by atoms with van der Waals surface area (Å²) in [6.07, 6.45) is 0. The van der Waals surface area contributed by atoms with Crippen LogP contribution < -0.4 is 5.32 Å². The Morgan fingerprint density at radius 3 is 2.46 bits per heavy atom. The Morgan fingerprint density at radius 2 is 2.00 bits per heavy atom. The van der Waals surface area contributed by atoms with E-state index in [1.807, 2.05) is 24.3 Å². The largest absolute Gasteiger partial charge is 0.380 e. The van der Waals surface area contributed by atoms with Crippen LogP contribution in [0.1, 0.15) is 12.5 Å². The van der Waals surface area contributed by atoms with Crippen molar-refractivity contribution in [1.82, 2.24) is 0 Å². The predicted molar refractivity (Wildman–Crippen MR) is 51.5 cm³/mol. The Kier molecular flexibility index (Phi) is 3.46. The summed E-state index contributed by atoms with van der Waals surface area (Å²) in [5.41, 5.74) is 1.91. The van der Waals surface area contributed by atoms with E-state index in [-0.39, 0.29) is 5.91 Å².